The Bertz CT molecular complexity index is 791. The van der Waals surface area contributed by atoms with Crippen molar-refractivity contribution in [2.24, 2.45) is 0 Å². The minimum absolute atomic E-state index is 0.0327. The van der Waals surface area contributed by atoms with E-state index < -0.39 is 0 Å². The molecular weight excluding hydrogens is 445 g/mol. The third kappa shape index (κ3) is 6.75. The van der Waals surface area contributed by atoms with Gasteiger partial charge in [-0.1, -0.05) is 24.8 Å². The normalized spacial score (nSPS) is 9.92. The number of ether oxygens (including phenoxy) is 1. The summed E-state index contributed by atoms with van der Waals surface area (Å²) in [4.78, 5) is 23.7. The molecule has 0 aliphatic carbocycles. The molecule has 0 heterocycles. The first kappa shape index (κ1) is 19.8. The van der Waals surface area contributed by atoms with Crippen molar-refractivity contribution in [1.29, 1.82) is 0 Å². The largest absolute Gasteiger partial charge is 0.483 e. The first-order chi connectivity index (χ1) is 12.4. The highest BCUT2D eigenvalue weighted by molar-refractivity contribution is 14.1. The Balaban J connectivity index is 1.69. The number of rotatable bonds is 8. The topological polar surface area (TPSA) is 79.5 Å². The van der Waals surface area contributed by atoms with Gasteiger partial charge >= 0.3 is 0 Å². The summed E-state index contributed by atoms with van der Waals surface area (Å²) in [7, 11) is 0. The quantitative estimate of drug-likeness (QED) is 0.414. The number of carbonyl (C=O) groups is 2. The van der Waals surface area contributed by atoms with Crippen molar-refractivity contribution in [3.05, 3.63) is 69.9 Å². The highest BCUT2D eigenvalue weighted by atomic mass is 127. The molecule has 2 aromatic carbocycles. The molecule has 7 heteroatoms. The van der Waals surface area contributed by atoms with Gasteiger partial charge in [0.15, 0.2) is 6.61 Å². The van der Waals surface area contributed by atoms with E-state index >= 15 is 0 Å². The van der Waals surface area contributed by atoms with Gasteiger partial charge < -0.3 is 15.5 Å². The van der Waals surface area contributed by atoms with Gasteiger partial charge in [0.05, 0.1) is 6.42 Å². The van der Waals surface area contributed by atoms with Gasteiger partial charge in [-0.25, -0.2) is 0 Å². The molecule has 0 aromatic heterocycles. The van der Waals surface area contributed by atoms with Crippen LogP contribution in [0.3, 0.4) is 0 Å². The highest BCUT2D eigenvalue weighted by Crippen LogP contribution is 2.15. The molecule has 2 aromatic rings. The SMILES string of the molecule is C=C(CC(=O)Nc1ccc(I)cc1)NNC(=O)COc1ccccc1C. The van der Waals surface area contributed by atoms with E-state index in [9.17, 15) is 9.59 Å². The third-order valence-corrected chi connectivity index (χ3v) is 4.05. The molecular formula is C19H20IN3O3. The smallest absolute Gasteiger partial charge is 0.276 e. The van der Waals surface area contributed by atoms with Crippen LogP contribution in [0.1, 0.15) is 12.0 Å². The standard InChI is InChI=1S/C19H20IN3O3/c1-13-5-3-4-6-17(13)26-12-19(25)23-22-14(2)11-18(24)21-16-9-7-15(20)8-10-16/h3-10,22H,2,11-12H2,1H3,(H,21,24)(H,23,25). The number of hydrazine groups is 1. The summed E-state index contributed by atoms with van der Waals surface area (Å²) in [5, 5.41) is 2.76. The van der Waals surface area contributed by atoms with Crippen LogP contribution in [0.5, 0.6) is 5.75 Å². The van der Waals surface area contributed by atoms with E-state index in [1.165, 1.54) is 0 Å². The fourth-order valence-corrected chi connectivity index (χ4v) is 2.39. The van der Waals surface area contributed by atoms with Gasteiger partial charge in [0.25, 0.3) is 5.91 Å². The Labute approximate surface area is 166 Å². The zero-order chi connectivity index (χ0) is 18.9. The molecule has 0 aliphatic heterocycles. The van der Waals surface area contributed by atoms with Gasteiger partial charge in [-0.15, -0.1) is 0 Å². The molecule has 26 heavy (non-hydrogen) atoms. The zero-order valence-electron chi connectivity index (χ0n) is 14.3. The number of carbonyl (C=O) groups excluding carboxylic acids is 2. The van der Waals surface area contributed by atoms with E-state index in [-0.39, 0.29) is 24.8 Å². The Morgan fingerprint density at radius 3 is 2.42 bits per heavy atom. The molecule has 0 radical (unpaired) electrons. The van der Waals surface area contributed by atoms with Crippen molar-refractivity contribution in [1.82, 2.24) is 10.9 Å². The summed E-state index contributed by atoms with van der Waals surface area (Å²) in [5.74, 6) is 0.0555. The highest BCUT2D eigenvalue weighted by Gasteiger charge is 2.08. The van der Waals surface area contributed by atoms with Crippen LogP contribution in [-0.4, -0.2) is 18.4 Å². The molecule has 0 saturated carbocycles. The molecule has 0 aliphatic rings. The molecule has 0 fully saturated rings. The second-order valence-corrected chi connectivity index (χ2v) is 6.81. The number of anilines is 1. The predicted molar refractivity (Wildman–Crippen MR) is 109 cm³/mol. The van der Waals surface area contributed by atoms with E-state index in [0.717, 1.165) is 9.13 Å². The van der Waals surface area contributed by atoms with Gasteiger partial charge in [-0.05, 0) is 65.4 Å². The van der Waals surface area contributed by atoms with Crippen molar-refractivity contribution in [2.75, 3.05) is 11.9 Å². The first-order valence-corrected chi connectivity index (χ1v) is 8.98. The van der Waals surface area contributed by atoms with Crippen LogP contribution in [0, 0.1) is 10.5 Å². The van der Waals surface area contributed by atoms with Crippen molar-refractivity contribution >= 4 is 40.1 Å². The van der Waals surface area contributed by atoms with Gasteiger partial charge in [-0.3, -0.25) is 15.0 Å². The first-order valence-electron chi connectivity index (χ1n) is 7.90. The van der Waals surface area contributed by atoms with Crippen LogP contribution in [0.25, 0.3) is 0 Å². The summed E-state index contributed by atoms with van der Waals surface area (Å²) in [6, 6.07) is 14.9. The molecule has 136 valence electrons. The van der Waals surface area contributed by atoms with E-state index in [1.54, 1.807) is 6.07 Å². The maximum atomic E-state index is 11.9. The third-order valence-electron chi connectivity index (χ3n) is 3.33. The molecule has 0 bridgehead atoms. The number of para-hydroxylation sites is 1. The van der Waals surface area contributed by atoms with Crippen molar-refractivity contribution in [3.63, 3.8) is 0 Å². The monoisotopic (exact) mass is 465 g/mol. The second-order valence-electron chi connectivity index (χ2n) is 5.56. The zero-order valence-corrected chi connectivity index (χ0v) is 16.5. The summed E-state index contributed by atoms with van der Waals surface area (Å²) in [6.07, 6.45) is 0.0327. The van der Waals surface area contributed by atoms with E-state index in [4.69, 9.17) is 4.74 Å². The van der Waals surface area contributed by atoms with E-state index in [0.29, 0.717) is 17.1 Å². The summed E-state index contributed by atoms with van der Waals surface area (Å²) >= 11 is 2.19. The van der Waals surface area contributed by atoms with Crippen molar-refractivity contribution in [2.45, 2.75) is 13.3 Å². The molecule has 0 saturated heterocycles. The number of amides is 2. The number of nitrogens with one attached hydrogen (secondary N) is 3. The lowest BCUT2D eigenvalue weighted by Crippen LogP contribution is -2.40. The Kier molecular flexibility index (Phi) is 7.46. The second kappa shape index (κ2) is 9.81. The number of hydrogen-bond acceptors (Lipinski definition) is 4. The Hall–Kier alpha value is -2.55. The van der Waals surface area contributed by atoms with Gasteiger partial charge in [0, 0.05) is 15.0 Å². The number of halogens is 1. The van der Waals surface area contributed by atoms with Crippen LogP contribution in [-0.2, 0) is 9.59 Å². The molecule has 2 rings (SSSR count). The van der Waals surface area contributed by atoms with Crippen molar-refractivity contribution in [3.8, 4) is 5.75 Å². The van der Waals surface area contributed by atoms with E-state index in [2.05, 4.69) is 45.3 Å². The van der Waals surface area contributed by atoms with Crippen LogP contribution in [0.15, 0.2) is 60.8 Å². The molecule has 0 unspecified atom stereocenters. The lowest BCUT2D eigenvalue weighted by atomic mass is 10.2. The van der Waals surface area contributed by atoms with Crippen LogP contribution in [0.2, 0.25) is 0 Å². The molecule has 6 nitrogen and oxygen atoms in total. The van der Waals surface area contributed by atoms with E-state index in [1.807, 2.05) is 49.4 Å². The fraction of sp³-hybridized carbons (Fsp3) is 0.158. The molecule has 3 N–H and O–H groups in total. The molecule has 0 atom stereocenters. The average molecular weight is 465 g/mol. The minimum Gasteiger partial charge on any atom is -0.483 e. The Morgan fingerprint density at radius 2 is 1.73 bits per heavy atom. The maximum absolute atomic E-state index is 11.9. The molecule has 2 amide bonds. The van der Waals surface area contributed by atoms with Gasteiger partial charge in [0.1, 0.15) is 5.75 Å². The number of aryl methyl sites for hydroxylation is 1. The number of benzene rings is 2. The summed E-state index contributed by atoms with van der Waals surface area (Å²) in [5.41, 5.74) is 7.11. The predicted octanol–water partition coefficient (Wildman–Crippen LogP) is 3.14. The average Bonchev–Trinajstić information content (AvgIpc) is 2.61. The maximum Gasteiger partial charge on any atom is 0.276 e. The summed E-state index contributed by atoms with van der Waals surface area (Å²) in [6.45, 7) is 5.49. The summed E-state index contributed by atoms with van der Waals surface area (Å²) < 4.78 is 6.52. The lowest BCUT2D eigenvalue weighted by molar-refractivity contribution is -0.124. The minimum atomic E-state index is -0.368. The van der Waals surface area contributed by atoms with Crippen LogP contribution >= 0.6 is 22.6 Å². The van der Waals surface area contributed by atoms with Crippen molar-refractivity contribution < 1.29 is 14.3 Å². The van der Waals surface area contributed by atoms with Gasteiger partial charge in [-0.2, -0.15) is 0 Å². The lowest BCUT2D eigenvalue weighted by Gasteiger charge is -2.12. The molecule has 0 spiro atoms. The fourth-order valence-electron chi connectivity index (χ4n) is 2.03. The number of hydrogen-bond donors (Lipinski definition) is 3. The van der Waals surface area contributed by atoms with Gasteiger partial charge in [0.2, 0.25) is 5.91 Å². The van der Waals surface area contributed by atoms with Crippen LogP contribution in [0.4, 0.5) is 5.69 Å². The Morgan fingerprint density at radius 1 is 1.04 bits per heavy atom. The van der Waals surface area contributed by atoms with Crippen LogP contribution < -0.4 is 20.9 Å².